The molecule has 146 valence electrons. The lowest BCUT2D eigenvalue weighted by molar-refractivity contribution is -0.129. The maximum Gasteiger partial charge on any atom is 0.338 e. The normalized spacial score (nSPS) is 14.3. The van der Waals surface area contributed by atoms with Crippen molar-refractivity contribution in [2.45, 2.75) is 38.7 Å². The van der Waals surface area contributed by atoms with Crippen LogP contribution in [-0.2, 0) is 14.2 Å². The first-order chi connectivity index (χ1) is 13.0. The summed E-state index contributed by atoms with van der Waals surface area (Å²) < 4.78 is 17.8. The smallest absolute Gasteiger partial charge is 0.338 e. The molecule has 0 radical (unpaired) electrons. The zero-order chi connectivity index (χ0) is 19.8. The van der Waals surface area contributed by atoms with Crippen molar-refractivity contribution >= 4 is 5.97 Å². The fraction of sp³-hybridized carbons (Fsp3) is 0.421. The van der Waals surface area contributed by atoms with E-state index < -0.39 is 23.4 Å². The summed E-state index contributed by atoms with van der Waals surface area (Å²) >= 11 is 0. The van der Waals surface area contributed by atoms with Crippen LogP contribution < -0.4 is 11.2 Å². The summed E-state index contributed by atoms with van der Waals surface area (Å²) in [5, 5.41) is 0. The van der Waals surface area contributed by atoms with E-state index in [1.165, 1.54) is 16.8 Å². The summed E-state index contributed by atoms with van der Waals surface area (Å²) in [7, 11) is 1.56. The van der Waals surface area contributed by atoms with Crippen molar-refractivity contribution in [1.82, 2.24) is 9.55 Å². The van der Waals surface area contributed by atoms with E-state index in [1.54, 1.807) is 37.4 Å². The molecule has 8 heteroatoms. The molecule has 27 heavy (non-hydrogen) atoms. The molecule has 2 rings (SSSR count). The molecule has 0 fully saturated rings. The largest absolute Gasteiger partial charge is 0.457 e. The van der Waals surface area contributed by atoms with Gasteiger partial charge >= 0.3 is 11.7 Å². The minimum absolute atomic E-state index is 0.202. The lowest BCUT2D eigenvalue weighted by Crippen LogP contribution is -2.39. The van der Waals surface area contributed by atoms with Crippen molar-refractivity contribution in [3.8, 4) is 0 Å². The van der Waals surface area contributed by atoms with Gasteiger partial charge in [0, 0.05) is 19.4 Å². The highest BCUT2D eigenvalue weighted by Gasteiger charge is 2.24. The zero-order valence-corrected chi connectivity index (χ0v) is 15.6. The molecular formula is C19H24N2O6. The number of ether oxygens (including phenoxy) is 3. The van der Waals surface area contributed by atoms with Gasteiger partial charge in [-0.2, -0.15) is 0 Å². The number of carbonyl (C=O) groups is 1. The van der Waals surface area contributed by atoms with Crippen molar-refractivity contribution in [1.29, 1.82) is 0 Å². The zero-order valence-electron chi connectivity index (χ0n) is 15.6. The molecule has 0 aliphatic carbocycles. The van der Waals surface area contributed by atoms with Crippen molar-refractivity contribution in [2.24, 2.45) is 0 Å². The Morgan fingerprint density at radius 2 is 1.89 bits per heavy atom. The monoisotopic (exact) mass is 376 g/mol. The number of methoxy groups -OCH3 is 1. The Kier molecular flexibility index (Phi) is 7.51. The molecular weight excluding hydrogens is 352 g/mol. The van der Waals surface area contributed by atoms with Gasteiger partial charge in [0.2, 0.25) is 0 Å². The van der Waals surface area contributed by atoms with Crippen LogP contribution in [0.3, 0.4) is 0 Å². The van der Waals surface area contributed by atoms with E-state index >= 15 is 0 Å². The lowest BCUT2D eigenvalue weighted by Gasteiger charge is -2.28. The number of hydrogen-bond donors (Lipinski definition) is 1. The van der Waals surface area contributed by atoms with Crippen LogP contribution in [0.2, 0.25) is 0 Å². The average Bonchev–Trinajstić information content (AvgIpc) is 2.68. The molecule has 1 N–H and O–H groups in total. The standard InChI is InChI=1S/C19H24N2O6/c1-4-15(13(2)25-3)27-17(21-11-10-16(22)20-19(21)24)12-26-18(23)14-8-6-5-7-9-14/h5-11,13,15,17H,4,12H2,1-3H3,(H,20,22,24)/t13-,15?,17?/m1/s1. The van der Waals surface area contributed by atoms with Crippen molar-refractivity contribution in [3.05, 3.63) is 69.0 Å². The second-order valence-electron chi connectivity index (χ2n) is 5.96. The van der Waals surface area contributed by atoms with Crippen molar-refractivity contribution in [3.63, 3.8) is 0 Å². The predicted molar refractivity (Wildman–Crippen MR) is 98.7 cm³/mol. The molecule has 0 spiro atoms. The van der Waals surface area contributed by atoms with Crippen LogP contribution in [0.5, 0.6) is 0 Å². The van der Waals surface area contributed by atoms with Gasteiger partial charge in [0.25, 0.3) is 5.56 Å². The van der Waals surface area contributed by atoms with Gasteiger partial charge in [-0.05, 0) is 25.5 Å². The van der Waals surface area contributed by atoms with Crippen molar-refractivity contribution in [2.75, 3.05) is 13.7 Å². The first kappa shape index (κ1) is 20.6. The summed E-state index contributed by atoms with van der Waals surface area (Å²) in [6.07, 6.45) is 0.447. The molecule has 3 atom stereocenters. The van der Waals surface area contributed by atoms with Gasteiger partial charge in [-0.25, -0.2) is 9.59 Å². The quantitative estimate of drug-likeness (QED) is 0.669. The van der Waals surface area contributed by atoms with E-state index in [-0.39, 0.29) is 18.8 Å². The maximum atomic E-state index is 12.2. The highest BCUT2D eigenvalue weighted by atomic mass is 16.6. The third-order valence-corrected chi connectivity index (χ3v) is 4.16. The number of aromatic nitrogens is 2. The number of carbonyl (C=O) groups excluding carboxylic acids is 1. The van der Waals surface area contributed by atoms with E-state index in [2.05, 4.69) is 4.98 Å². The Morgan fingerprint density at radius 1 is 1.19 bits per heavy atom. The number of H-pyrrole nitrogens is 1. The number of aromatic amines is 1. The van der Waals surface area contributed by atoms with Crippen LogP contribution in [0.15, 0.2) is 52.2 Å². The van der Waals surface area contributed by atoms with Gasteiger partial charge < -0.3 is 14.2 Å². The van der Waals surface area contributed by atoms with Gasteiger partial charge in [0.1, 0.15) is 6.61 Å². The molecule has 2 unspecified atom stereocenters. The highest BCUT2D eigenvalue weighted by Crippen LogP contribution is 2.17. The number of nitrogens with zero attached hydrogens (tertiary/aromatic N) is 1. The molecule has 0 saturated heterocycles. The van der Waals surface area contributed by atoms with Crippen molar-refractivity contribution < 1.29 is 19.0 Å². The van der Waals surface area contributed by atoms with Crippen LogP contribution in [0.1, 0.15) is 36.9 Å². The Labute approximate surface area is 156 Å². The van der Waals surface area contributed by atoms with E-state index in [1.807, 2.05) is 13.8 Å². The summed E-state index contributed by atoms with van der Waals surface area (Å²) in [6.45, 7) is 3.56. The molecule has 0 amide bonds. The van der Waals surface area contributed by atoms with Crippen LogP contribution >= 0.6 is 0 Å². The predicted octanol–water partition coefficient (Wildman–Crippen LogP) is 1.72. The molecule has 0 aliphatic rings. The SMILES string of the molecule is CCC(OC(COC(=O)c1ccccc1)n1ccc(=O)[nH]c1=O)[C@@H](C)OC. The minimum Gasteiger partial charge on any atom is -0.457 e. The molecule has 1 heterocycles. The molecule has 0 aliphatic heterocycles. The first-order valence-corrected chi connectivity index (χ1v) is 8.68. The van der Waals surface area contributed by atoms with Gasteiger partial charge in [-0.3, -0.25) is 14.3 Å². The van der Waals surface area contributed by atoms with Gasteiger partial charge in [0.15, 0.2) is 6.23 Å². The van der Waals surface area contributed by atoms with Crippen LogP contribution in [-0.4, -0.2) is 41.4 Å². The topological polar surface area (TPSA) is 99.6 Å². The Balaban J connectivity index is 2.22. The summed E-state index contributed by atoms with van der Waals surface area (Å²) in [5.41, 5.74) is -0.779. The molecule has 8 nitrogen and oxygen atoms in total. The van der Waals surface area contributed by atoms with E-state index in [0.717, 1.165) is 0 Å². The third-order valence-electron chi connectivity index (χ3n) is 4.16. The minimum atomic E-state index is -0.912. The number of rotatable bonds is 9. The number of esters is 1. The molecule has 2 aromatic rings. The second-order valence-corrected chi connectivity index (χ2v) is 5.96. The third kappa shape index (κ3) is 5.63. The van der Waals surface area contributed by atoms with Crippen LogP contribution in [0.4, 0.5) is 0 Å². The summed E-state index contributed by atoms with van der Waals surface area (Å²) in [6, 6.07) is 9.71. The highest BCUT2D eigenvalue weighted by molar-refractivity contribution is 5.89. The molecule has 1 aromatic carbocycles. The fourth-order valence-electron chi connectivity index (χ4n) is 2.54. The average molecular weight is 376 g/mol. The van der Waals surface area contributed by atoms with E-state index in [9.17, 15) is 14.4 Å². The number of nitrogens with one attached hydrogen (secondary N) is 1. The Bertz CT molecular complexity index is 845. The van der Waals surface area contributed by atoms with Gasteiger partial charge in [-0.1, -0.05) is 25.1 Å². The van der Waals surface area contributed by atoms with Gasteiger partial charge in [-0.15, -0.1) is 0 Å². The first-order valence-electron chi connectivity index (χ1n) is 8.68. The maximum absolute atomic E-state index is 12.2. The molecule has 1 aromatic heterocycles. The Morgan fingerprint density at radius 3 is 2.48 bits per heavy atom. The van der Waals surface area contributed by atoms with E-state index in [0.29, 0.717) is 12.0 Å². The molecule has 0 bridgehead atoms. The van der Waals surface area contributed by atoms with Crippen LogP contribution in [0.25, 0.3) is 0 Å². The number of benzene rings is 1. The summed E-state index contributed by atoms with van der Waals surface area (Å²) in [4.78, 5) is 37.9. The molecule has 0 saturated carbocycles. The van der Waals surface area contributed by atoms with Gasteiger partial charge in [0.05, 0.1) is 17.8 Å². The summed E-state index contributed by atoms with van der Waals surface area (Å²) in [5.74, 6) is -0.533. The fourth-order valence-corrected chi connectivity index (χ4v) is 2.54. The lowest BCUT2D eigenvalue weighted by atomic mass is 10.2. The van der Waals surface area contributed by atoms with Crippen LogP contribution in [0, 0.1) is 0 Å². The van der Waals surface area contributed by atoms with E-state index in [4.69, 9.17) is 14.2 Å². The Hall–Kier alpha value is -2.71. The number of hydrogen-bond acceptors (Lipinski definition) is 6. The second kappa shape index (κ2) is 9.84.